The quantitative estimate of drug-likeness (QED) is 0.886. The second kappa shape index (κ2) is 5.40. The Balaban J connectivity index is 1.38. The van der Waals surface area contributed by atoms with Gasteiger partial charge in [-0.3, -0.25) is 0 Å². The van der Waals surface area contributed by atoms with Crippen LogP contribution in [0.1, 0.15) is 56.9 Å². The molecule has 0 radical (unpaired) electrons. The van der Waals surface area contributed by atoms with Crippen LogP contribution in [0.25, 0.3) is 0 Å². The van der Waals surface area contributed by atoms with Crippen LogP contribution < -0.4 is 5.32 Å². The lowest BCUT2D eigenvalue weighted by molar-refractivity contribution is -0.130. The molecule has 3 fully saturated rings. The van der Waals surface area contributed by atoms with Crippen molar-refractivity contribution in [2.45, 2.75) is 69.6 Å². The van der Waals surface area contributed by atoms with Gasteiger partial charge < -0.3 is 10.1 Å². The van der Waals surface area contributed by atoms with Gasteiger partial charge in [0, 0.05) is 30.0 Å². The Morgan fingerprint density at radius 2 is 1.90 bits per heavy atom. The van der Waals surface area contributed by atoms with Gasteiger partial charge in [-0.2, -0.15) is 0 Å². The lowest BCUT2D eigenvalue weighted by atomic mass is 9.60. The largest absolute Gasteiger partial charge is 0.378 e. The third-order valence-electron chi connectivity index (χ3n) is 6.12. The zero-order valence-electron chi connectivity index (χ0n) is 13.1. The molecule has 4 atom stereocenters. The summed E-state index contributed by atoms with van der Waals surface area (Å²) in [7, 11) is 0. The van der Waals surface area contributed by atoms with Gasteiger partial charge in [-0.15, -0.1) is 0 Å². The van der Waals surface area contributed by atoms with Crippen LogP contribution >= 0.6 is 0 Å². The SMILES string of the molecule is CCOC1CC(NC2CC2c2ccccc2)C12CCCC2. The van der Waals surface area contributed by atoms with Gasteiger partial charge in [-0.25, -0.2) is 0 Å². The molecule has 1 aromatic carbocycles. The molecule has 1 spiro atoms. The molecule has 1 aromatic rings. The van der Waals surface area contributed by atoms with Crippen molar-refractivity contribution in [3.63, 3.8) is 0 Å². The fourth-order valence-corrected chi connectivity index (χ4v) is 4.83. The summed E-state index contributed by atoms with van der Waals surface area (Å²) in [5.41, 5.74) is 1.98. The van der Waals surface area contributed by atoms with E-state index in [1.54, 1.807) is 0 Å². The molecule has 0 saturated heterocycles. The smallest absolute Gasteiger partial charge is 0.0661 e. The van der Waals surface area contributed by atoms with Gasteiger partial charge in [-0.1, -0.05) is 43.2 Å². The van der Waals surface area contributed by atoms with Crippen molar-refractivity contribution < 1.29 is 4.74 Å². The molecule has 1 N–H and O–H groups in total. The first-order valence-corrected chi connectivity index (χ1v) is 8.76. The highest BCUT2D eigenvalue weighted by atomic mass is 16.5. The van der Waals surface area contributed by atoms with E-state index in [-0.39, 0.29) is 0 Å². The van der Waals surface area contributed by atoms with Crippen molar-refractivity contribution in [1.29, 1.82) is 0 Å². The van der Waals surface area contributed by atoms with Gasteiger partial charge >= 0.3 is 0 Å². The van der Waals surface area contributed by atoms with Crippen molar-refractivity contribution in [3.05, 3.63) is 35.9 Å². The van der Waals surface area contributed by atoms with E-state index in [9.17, 15) is 0 Å². The second-order valence-electron chi connectivity index (χ2n) is 7.20. The van der Waals surface area contributed by atoms with E-state index in [1.165, 1.54) is 44.1 Å². The van der Waals surface area contributed by atoms with E-state index < -0.39 is 0 Å². The monoisotopic (exact) mass is 285 g/mol. The maximum Gasteiger partial charge on any atom is 0.0661 e. The standard InChI is InChI=1S/C19H27NO/c1-2-21-18-13-17(19(18)10-6-7-11-19)20-16-12-15(16)14-8-4-3-5-9-14/h3-5,8-9,15-18,20H,2,6-7,10-13H2,1H3. The first-order valence-electron chi connectivity index (χ1n) is 8.76. The van der Waals surface area contributed by atoms with Gasteiger partial charge in [0.2, 0.25) is 0 Å². The van der Waals surface area contributed by atoms with Crippen LogP contribution in [0.3, 0.4) is 0 Å². The number of hydrogen-bond donors (Lipinski definition) is 1. The van der Waals surface area contributed by atoms with Crippen LogP contribution in [0, 0.1) is 5.41 Å². The van der Waals surface area contributed by atoms with Crippen LogP contribution in [-0.2, 0) is 4.74 Å². The molecule has 0 aromatic heterocycles. The third-order valence-corrected chi connectivity index (χ3v) is 6.12. The highest BCUT2D eigenvalue weighted by Gasteiger charge is 2.58. The van der Waals surface area contributed by atoms with E-state index in [0.717, 1.165) is 12.5 Å². The Labute approximate surface area is 128 Å². The Bertz CT molecular complexity index is 480. The molecule has 0 heterocycles. The van der Waals surface area contributed by atoms with Crippen molar-refractivity contribution in [2.75, 3.05) is 6.61 Å². The summed E-state index contributed by atoms with van der Waals surface area (Å²) in [4.78, 5) is 0. The second-order valence-corrected chi connectivity index (χ2v) is 7.20. The summed E-state index contributed by atoms with van der Waals surface area (Å²) in [6.07, 6.45) is 8.61. The summed E-state index contributed by atoms with van der Waals surface area (Å²) in [5.74, 6) is 0.746. The van der Waals surface area contributed by atoms with Gasteiger partial charge in [0.15, 0.2) is 0 Å². The first kappa shape index (κ1) is 13.8. The summed E-state index contributed by atoms with van der Waals surface area (Å²) in [5, 5.41) is 3.98. The van der Waals surface area contributed by atoms with Crippen LogP contribution in [0.4, 0.5) is 0 Å². The predicted molar refractivity (Wildman–Crippen MR) is 85.4 cm³/mol. The number of ether oxygens (including phenoxy) is 1. The van der Waals surface area contributed by atoms with Gasteiger partial charge in [-0.05, 0) is 38.2 Å². The van der Waals surface area contributed by atoms with Crippen molar-refractivity contribution in [2.24, 2.45) is 5.41 Å². The molecule has 4 rings (SSSR count). The predicted octanol–water partition coefficient (Wildman–Crippen LogP) is 3.87. The van der Waals surface area contributed by atoms with Crippen molar-refractivity contribution >= 4 is 0 Å². The van der Waals surface area contributed by atoms with Gasteiger partial charge in [0.05, 0.1) is 6.10 Å². The summed E-state index contributed by atoms with van der Waals surface area (Å²) in [6.45, 7) is 3.00. The molecular formula is C19H27NO. The van der Waals surface area contributed by atoms with E-state index in [0.29, 0.717) is 23.6 Å². The minimum Gasteiger partial charge on any atom is -0.378 e. The molecule has 3 aliphatic carbocycles. The normalized spacial score (nSPS) is 36.6. The minimum absolute atomic E-state index is 0.472. The summed E-state index contributed by atoms with van der Waals surface area (Å²) in [6, 6.07) is 12.4. The van der Waals surface area contributed by atoms with Crippen molar-refractivity contribution in [1.82, 2.24) is 5.32 Å². The molecule has 114 valence electrons. The maximum atomic E-state index is 6.02. The summed E-state index contributed by atoms with van der Waals surface area (Å²) < 4.78 is 6.02. The van der Waals surface area contributed by atoms with Crippen LogP contribution in [0.15, 0.2) is 30.3 Å². The van der Waals surface area contributed by atoms with Crippen LogP contribution in [0.2, 0.25) is 0 Å². The molecule has 3 saturated carbocycles. The Morgan fingerprint density at radius 3 is 2.62 bits per heavy atom. The lowest BCUT2D eigenvalue weighted by Crippen LogP contribution is -2.63. The molecule has 4 unspecified atom stereocenters. The fraction of sp³-hybridized carbons (Fsp3) is 0.684. The molecular weight excluding hydrogens is 258 g/mol. The average Bonchev–Trinajstić information content (AvgIpc) is 3.09. The first-order chi connectivity index (χ1) is 10.3. The Hall–Kier alpha value is -0.860. The fourth-order valence-electron chi connectivity index (χ4n) is 4.83. The Morgan fingerprint density at radius 1 is 1.14 bits per heavy atom. The average molecular weight is 285 g/mol. The van der Waals surface area contributed by atoms with Gasteiger partial charge in [0.25, 0.3) is 0 Å². The molecule has 0 bridgehead atoms. The lowest BCUT2D eigenvalue weighted by Gasteiger charge is -2.54. The van der Waals surface area contributed by atoms with Gasteiger partial charge in [0.1, 0.15) is 0 Å². The van der Waals surface area contributed by atoms with Crippen molar-refractivity contribution in [3.8, 4) is 0 Å². The van der Waals surface area contributed by atoms with E-state index in [4.69, 9.17) is 4.74 Å². The van der Waals surface area contributed by atoms with E-state index in [1.807, 2.05) is 0 Å². The summed E-state index contributed by atoms with van der Waals surface area (Å²) >= 11 is 0. The third kappa shape index (κ3) is 2.33. The molecule has 2 nitrogen and oxygen atoms in total. The number of rotatable bonds is 5. The van der Waals surface area contributed by atoms with Crippen LogP contribution in [0.5, 0.6) is 0 Å². The maximum absolute atomic E-state index is 6.02. The highest BCUT2D eigenvalue weighted by Crippen LogP contribution is 2.56. The topological polar surface area (TPSA) is 21.3 Å². The molecule has 3 aliphatic rings. The number of benzene rings is 1. The molecule has 0 aliphatic heterocycles. The number of hydrogen-bond acceptors (Lipinski definition) is 2. The van der Waals surface area contributed by atoms with E-state index in [2.05, 4.69) is 42.6 Å². The minimum atomic E-state index is 0.472. The molecule has 2 heteroatoms. The highest BCUT2D eigenvalue weighted by molar-refractivity contribution is 5.28. The Kier molecular flexibility index (Phi) is 3.55. The van der Waals surface area contributed by atoms with E-state index >= 15 is 0 Å². The van der Waals surface area contributed by atoms with Crippen LogP contribution in [-0.4, -0.2) is 24.8 Å². The molecule has 0 amide bonds. The number of nitrogens with one attached hydrogen (secondary N) is 1. The zero-order chi connectivity index (χ0) is 14.3. The zero-order valence-corrected chi connectivity index (χ0v) is 13.1. The molecule has 21 heavy (non-hydrogen) atoms.